The number of Topliss-reactive ketones (excluding diaryl/α,β-unsaturated/α-hetero) is 1. The van der Waals surface area contributed by atoms with Crippen LogP contribution in [0.5, 0.6) is 11.5 Å². The van der Waals surface area contributed by atoms with Gasteiger partial charge in [-0.15, -0.1) is 0 Å². The first-order valence-corrected chi connectivity index (χ1v) is 5.40. The first kappa shape index (κ1) is 12.6. The molecule has 0 radical (unpaired) electrons. The monoisotopic (exact) mass is 222 g/mol. The standard InChI is InChI=1S/C13H18O3/c1-10(2)8-11(14)9-16-13-6-4-12(15-3)5-7-13/h4-7,10H,8-9H2,1-3H3. The Morgan fingerprint density at radius 3 is 2.25 bits per heavy atom. The second-order valence-electron chi connectivity index (χ2n) is 4.10. The minimum atomic E-state index is 0.130. The lowest BCUT2D eigenvalue weighted by molar-refractivity contribution is -0.121. The molecule has 0 bridgehead atoms. The van der Waals surface area contributed by atoms with Gasteiger partial charge in [-0.3, -0.25) is 4.79 Å². The predicted octanol–water partition coefficient (Wildman–Crippen LogP) is 2.69. The zero-order valence-electron chi connectivity index (χ0n) is 10.0. The van der Waals surface area contributed by atoms with Crippen LogP contribution in [0.15, 0.2) is 24.3 Å². The van der Waals surface area contributed by atoms with Gasteiger partial charge in [0.05, 0.1) is 7.11 Å². The SMILES string of the molecule is COc1ccc(OCC(=O)CC(C)C)cc1. The Labute approximate surface area is 96.4 Å². The van der Waals surface area contributed by atoms with Gasteiger partial charge in [-0.2, -0.15) is 0 Å². The fourth-order valence-corrected chi connectivity index (χ4v) is 1.35. The molecule has 0 aromatic heterocycles. The van der Waals surface area contributed by atoms with Gasteiger partial charge < -0.3 is 9.47 Å². The Balaban J connectivity index is 2.39. The van der Waals surface area contributed by atoms with Crippen molar-refractivity contribution < 1.29 is 14.3 Å². The van der Waals surface area contributed by atoms with Crippen LogP contribution in [-0.4, -0.2) is 19.5 Å². The van der Waals surface area contributed by atoms with Crippen molar-refractivity contribution >= 4 is 5.78 Å². The highest BCUT2D eigenvalue weighted by Gasteiger charge is 2.05. The summed E-state index contributed by atoms with van der Waals surface area (Å²) in [4.78, 5) is 11.4. The quantitative estimate of drug-likeness (QED) is 0.742. The largest absolute Gasteiger partial charge is 0.497 e. The van der Waals surface area contributed by atoms with Crippen LogP contribution < -0.4 is 9.47 Å². The van der Waals surface area contributed by atoms with E-state index in [0.717, 1.165) is 5.75 Å². The Hall–Kier alpha value is -1.51. The average molecular weight is 222 g/mol. The molecule has 3 heteroatoms. The Morgan fingerprint density at radius 2 is 1.75 bits per heavy atom. The van der Waals surface area contributed by atoms with Crippen molar-refractivity contribution in [3.05, 3.63) is 24.3 Å². The predicted molar refractivity (Wildman–Crippen MR) is 63.0 cm³/mol. The number of ether oxygens (including phenoxy) is 2. The van der Waals surface area contributed by atoms with Crippen LogP contribution >= 0.6 is 0 Å². The fraction of sp³-hybridized carbons (Fsp3) is 0.462. The van der Waals surface area contributed by atoms with Crippen LogP contribution in [-0.2, 0) is 4.79 Å². The van der Waals surface area contributed by atoms with Crippen molar-refractivity contribution in [2.45, 2.75) is 20.3 Å². The van der Waals surface area contributed by atoms with Crippen LogP contribution in [0.3, 0.4) is 0 Å². The Bertz CT molecular complexity index is 328. The number of hydrogen-bond donors (Lipinski definition) is 0. The third-order valence-corrected chi connectivity index (χ3v) is 2.10. The molecule has 0 unspecified atom stereocenters. The normalized spacial score (nSPS) is 10.2. The van der Waals surface area contributed by atoms with Crippen molar-refractivity contribution in [1.29, 1.82) is 0 Å². The number of hydrogen-bond acceptors (Lipinski definition) is 3. The van der Waals surface area contributed by atoms with Gasteiger partial charge in [0.1, 0.15) is 18.1 Å². The minimum absolute atomic E-state index is 0.130. The van der Waals surface area contributed by atoms with Crippen LogP contribution in [0.4, 0.5) is 0 Å². The summed E-state index contributed by atoms with van der Waals surface area (Å²) in [6, 6.07) is 7.20. The third kappa shape index (κ3) is 4.34. The molecule has 0 aliphatic carbocycles. The molecule has 1 rings (SSSR count). The maximum atomic E-state index is 11.4. The lowest BCUT2D eigenvalue weighted by Gasteiger charge is -2.07. The van der Waals surface area contributed by atoms with Gasteiger partial charge in [-0.1, -0.05) is 13.8 Å². The number of carbonyl (C=O) groups is 1. The number of benzene rings is 1. The van der Waals surface area contributed by atoms with Crippen LogP contribution in [0.2, 0.25) is 0 Å². The van der Waals surface area contributed by atoms with E-state index < -0.39 is 0 Å². The zero-order valence-corrected chi connectivity index (χ0v) is 10.0. The van der Waals surface area contributed by atoms with Crippen LogP contribution in [0, 0.1) is 5.92 Å². The molecule has 0 saturated heterocycles. The number of methoxy groups -OCH3 is 1. The molecule has 0 saturated carbocycles. The van der Waals surface area contributed by atoms with Gasteiger partial charge in [-0.05, 0) is 30.2 Å². The molecule has 0 amide bonds. The minimum Gasteiger partial charge on any atom is -0.497 e. The summed E-state index contributed by atoms with van der Waals surface area (Å²) in [5.41, 5.74) is 0. The molecule has 0 atom stereocenters. The molecule has 0 fully saturated rings. The molecule has 1 aromatic rings. The molecule has 0 aliphatic heterocycles. The van der Waals surface area contributed by atoms with Crippen LogP contribution in [0.25, 0.3) is 0 Å². The molecule has 88 valence electrons. The average Bonchev–Trinajstić information content (AvgIpc) is 2.26. The van der Waals surface area contributed by atoms with Crippen LogP contribution in [0.1, 0.15) is 20.3 Å². The molecule has 0 heterocycles. The summed E-state index contributed by atoms with van der Waals surface area (Å²) in [7, 11) is 1.61. The first-order chi connectivity index (χ1) is 7.61. The number of carbonyl (C=O) groups excluding carboxylic acids is 1. The highest BCUT2D eigenvalue weighted by molar-refractivity contribution is 5.80. The van der Waals surface area contributed by atoms with E-state index in [1.54, 1.807) is 19.2 Å². The highest BCUT2D eigenvalue weighted by atomic mass is 16.5. The van der Waals surface area contributed by atoms with E-state index in [1.807, 2.05) is 26.0 Å². The van der Waals surface area contributed by atoms with Gasteiger partial charge in [0.25, 0.3) is 0 Å². The smallest absolute Gasteiger partial charge is 0.170 e. The van der Waals surface area contributed by atoms with Crippen molar-refractivity contribution in [1.82, 2.24) is 0 Å². The molecule has 16 heavy (non-hydrogen) atoms. The van der Waals surface area contributed by atoms with E-state index >= 15 is 0 Å². The first-order valence-electron chi connectivity index (χ1n) is 5.40. The van der Waals surface area contributed by atoms with E-state index in [0.29, 0.717) is 18.1 Å². The maximum Gasteiger partial charge on any atom is 0.170 e. The Kier molecular flexibility index (Phi) is 4.83. The molecule has 1 aromatic carbocycles. The van der Waals surface area contributed by atoms with Crippen molar-refractivity contribution in [2.75, 3.05) is 13.7 Å². The van der Waals surface area contributed by atoms with Gasteiger partial charge in [0.2, 0.25) is 0 Å². The van der Waals surface area contributed by atoms with E-state index in [4.69, 9.17) is 9.47 Å². The molecular weight excluding hydrogens is 204 g/mol. The lowest BCUT2D eigenvalue weighted by atomic mass is 10.1. The van der Waals surface area contributed by atoms with E-state index in [-0.39, 0.29) is 12.4 Å². The molecule has 3 nitrogen and oxygen atoms in total. The summed E-state index contributed by atoms with van der Waals surface area (Å²) in [5, 5.41) is 0. The summed E-state index contributed by atoms with van der Waals surface area (Å²) < 4.78 is 10.4. The third-order valence-electron chi connectivity index (χ3n) is 2.10. The molecule has 0 spiro atoms. The second-order valence-corrected chi connectivity index (χ2v) is 4.10. The summed E-state index contributed by atoms with van der Waals surface area (Å²) >= 11 is 0. The van der Waals surface area contributed by atoms with Crippen molar-refractivity contribution in [3.63, 3.8) is 0 Å². The highest BCUT2D eigenvalue weighted by Crippen LogP contribution is 2.17. The van der Waals surface area contributed by atoms with Crippen molar-refractivity contribution in [2.24, 2.45) is 5.92 Å². The zero-order chi connectivity index (χ0) is 12.0. The van der Waals surface area contributed by atoms with Gasteiger partial charge >= 0.3 is 0 Å². The molecular formula is C13H18O3. The van der Waals surface area contributed by atoms with Gasteiger partial charge in [0, 0.05) is 6.42 Å². The number of ketones is 1. The van der Waals surface area contributed by atoms with Crippen molar-refractivity contribution in [3.8, 4) is 11.5 Å². The number of rotatable bonds is 6. The fourth-order valence-electron chi connectivity index (χ4n) is 1.35. The van der Waals surface area contributed by atoms with E-state index in [1.165, 1.54) is 0 Å². The second kappa shape index (κ2) is 6.16. The summed E-state index contributed by atoms with van der Waals surface area (Å²) in [5.74, 6) is 1.98. The topological polar surface area (TPSA) is 35.5 Å². The van der Waals surface area contributed by atoms with E-state index in [2.05, 4.69) is 0 Å². The molecule has 0 N–H and O–H groups in total. The van der Waals surface area contributed by atoms with E-state index in [9.17, 15) is 4.79 Å². The van der Waals surface area contributed by atoms with Gasteiger partial charge in [0.15, 0.2) is 5.78 Å². The molecule has 0 aliphatic rings. The maximum absolute atomic E-state index is 11.4. The van der Waals surface area contributed by atoms with Gasteiger partial charge in [-0.25, -0.2) is 0 Å². The Morgan fingerprint density at radius 1 is 1.19 bits per heavy atom. The lowest BCUT2D eigenvalue weighted by Crippen LogP contribution is -2.13. The summed E-state index contributed by atoms with van der Waals surface area (Å²) in [6.45, 7) is 4.18. The summed E-state index contributed by atoms with van der Waals surface area (Å²) in [6.07, 6.45) is 0.566.